The molecule has 1 aliphatic heterocycles. The molecule has 0 spiro atoms. The van der Waals surface area contributed by atoms with Crippen LogP contribution in [-0.2, 0) is 16.0 Å². The van der Waals surface area contributed by atoms with Crippen molar-refractivity contribution in [3.8, 4) is 0 Å². The van der Waals surface area contributed by atoms with E-state index in [-0.39, 0.29) is 12.0 Å². The zero-order valence-corrected chi connectivity index (χ0v) is 13.1. The third-order valence-electron chi connectivity index (χ3n) is 3.66. The second kappa shape index (κ2) is 7.00. The van der Waals surface area contributed by atoms with Crippen LogP contribution in [0.25, 0.3) is 0 Å². The summed E-state index contributed by atoms with van der Waals surface area (Å²) in [7, 11) is 1.59. The van der Waals surface area contributed by atoms with E-state index >= 15 is 0 Å². The van der Waals surface area contributed by atoms with Crippen LogP contribution in [0.15, 0.2) is 4.52 Å². The molecule has 7 heteroatoms. The number of nitrogens with zero attached hydrogens (tertiary/aromatic N) is 3. The Morgan fingerprint density at radius 2 is 2.14 bits per heavy atom. The number of piperazine rings is 1. The van der Waals surface area contributed by atoms with Crippen LogP contribution in [0.2, 0.25) is 0 Å². The van der Waals surface area contributed by atoms with Gasteiger partial charge in [-0.25, -0.2) is 0 Å². The lowest BCUT2D eigenvalue weighted by molar-refractivity contribution is -0.133. The Labute approximate surface area is 125 Å². The fourth-order valence-electron chi connectivity index (χ4n) is 2.54. The van der Waals surface area contributed by atoms with Gasteiger partial charge >= 0.3 is 0 Å². The smallest absolute Gasteiger partial charge is 0.227 e. The van der Waals surface area contributed by atoms with Gasteiger partial charge in [-0.1, -0.05) is 5.16 Å². The van der Waals surface area contributed by atoms with Gasteiger partial charge in [0.2, 0.25) is 11.8 Å². The van der Waals surface area contributed by atoms with Gasteiger partial charge in [0.15, 0.2) is 5.82 Å². The summed E-state index contributed by atoms with van der Waals surface area (Å²) in [6, 6.07) is 0.658. The van der Waals surface area contributed by atoms with Gasteiger partial charge in [-0.15, -0.1) is 0 Å². The monoisotopic (exact) mass is 296 g/mol. The van der Waals surface area contributed by atoms with Gasteiger partial charge in [0, 0.05) is 45.1 Å². The van der Waals surface area contributed by atoms with Crippen molar-refractivity contribution in [2.24, 2.45) is 0 Å². The summed E-state index contributed by atoms with van der Waals surface area (Å²) < 4.78 is 10.3. The van der Waals surface area contributed by atoms with Gasteiger partial charge in [0.25, 0.3) is 0 Å². The Morgan fingerprint density at radius 1 is 1.48 bits per heavy atom. The Balaban J connectivity index is 1.85. The number of aromatic nitrogens is 2. The fraction of sp³-hybridized carbons (Fsp3) is 0.786. The Kier molecular flexibility index (Phi) is 5.30. The first-order valence-corrected chi connectivity index (χ1v) is 7.38. The van der Waals surface area contributed by atoms with Gasteiger partial charge in [-0.3, -0.25) is 4.79 Å². The van der Waals surface area contributed by atoms with Crippen LogP contribution < -0.4 is 5.32 Å². The minimum absolute atomic E-state index is 0.134. The number of nitrogens with one attached hydrogen (secondary N) is 1. The van der Waals surface area contributed by atoms with Crippen molar-refractivity contribution in [3.05, 3.63) is 11.7 Å². The van der Waals surface area contributed by atoms with E-state index in [1.165, 1.54) is 0 Å². The average Bonchev–Trinajstić information content (AvgIpc) is 2.91. The molecule has 1 fully saturated rings. The molecule has 0 saturated carbocycles. The first-order chi connectivity index (χ1) is 9.99. The number of ether oxygens (including phenoxy) is 1. The second-order valence-electron chi connectivity index (χ2n) is 5.69. The minimum Gasteiger partial charge on any atom is -0.374 e. The van der Waals surface area contributed by atoms with E-state index in [9.17, 15) is 4.79 Å². The highest BCUT2D eigenvalue weighted by molar-refractivity contribution is 5.76. The maximum atomic E-state index is 12.2. The lowest BCUT2D eigenvalue weighted by atomic mass is 10.1. The molecule has 21 heavy (non-hydrogen) atoms. The predicted molar refractivity (Wildman–Crippen MR) is 76.7 cm³/mol. The Hall–Kier alpha value is -1.47. The molecule has 0 bridgehead atoms. The highest BCUT2D eigenvalue weighted by Gasteiger charge is 2.25. The highest BCUT2D eigenvalue weighted by atomic mass is 16.5. The maximum Gasteiger partial charge on any atom is 0.227 e. The standard InChI is InChI=1S/C14H24N4O3/c1-9-7-18(8-10(2)15-9)13(19)6-5-12-16-14(17-21-12)11(3)20-4/h9-11,15H,5-8H2,1-4H3/t9-,10+,11-/m1/s1. The van der Waals surface area contributed by atoms with E-state index in [0.29, 0.717) is 36.6 Å². The fourth-order valence-corrected chi connectivity index (χ4v) is 2.54. The van der Waals surface area contributed by atoms with E-state index in [1.807, 2.05) is 11.8 Å². The average molecular weight is 296 g/mol. The van der Waals surface area contributed by atoms with Crippen LogP contribution >= 0.6 is 0 Å². The van der Waals surface area contributed by atoms with Crippen molar-refractivity contribution in [3.63, 3.8) is 0 Å². The molecule has 2 rings (SSSR count). The molecule has 1 aliphatic rings. The number of aryl methyl sites for hydroxylation is 1. The van der Waals surface area contributed by atoms with Crippen LogP contribution in [0, 0.1) is 0 Å². The first kappa shape index (κ1) is 15.9. The van der Waals surface area contributed by atoms with Gasteiger partial charge in [0.05, 0.1) is 0 Å². The SMILES string of the molecule is CO[C@H](C)c1noc(CCC(=O)N2C[C@@H](C)N[C@@H](C)C2)n1. The van der Waals surface area contributed by atoms with Crippen LogP contribution in [0.1, 0.15) is 45.0 Å². The van der Waals surface area contributed by atoms with Crippen molar-refractivity contribution in [1.29, 1.82) is 0 Å². The molecular weight excluding hydrogens is 272 g/mol. The van der Waals surface area contributed by atoms with Crippen LogP contribution in [0.4, 0.5) is 0 Å². The number of hydrogen-bond donors (Lipinski definition) is 1. The molecule has 0 unspecified atom stereocenters. The highest BCUT2D eigenvalue weighted by Crippen LogP contribution is 2.13. The van der Waals surface area contributed by atoms with Crippen molar-refractivity contribution >= 4 is 5.91 Å². The van der Waals surface area contributed by atoms with Crippen LogP contribution in [0.3, 0.4) is 0 Å². The van der Waals surface area contributed by atoms with Crippen LogP contribution in [0.5, 0.6) is 0 Å². The number of rotatable bonds is 5. The molecule has 7 nitrogen and oxygen atoms in total. The Bertz CT molecular complexity index is 467. The summed E-state index contributed by atoms with van der Waals surface area (Å²) in [6.07, 6.45) is 0.658. The lowest BCUT2D eigenvalue weighted by Gasteiger charge is -2.36. The number of carbonyl (C=O) groups excluding carboxylic acids is 1. The second-order valence-corrected chi connectivity index (χ2v) is 5.69. The van der Waals surface area contributed by atoms with Gasteiger partial charge < -0.3 is 19.5 Å². The normalized spacial score (nSPS) is 24.1. The number of carbonyl (C=O) groups is 1. The summed E-state index contributed by atoms with van der Waals surface area (Å²) in [5.74, 6) is 1.14. The molecule has 0 aliphatic carbocycles. The predicted octanol–water partition coefficient (Wildman–Crippen LogP) is 0.918. The number of amides is 1. The summed E-state index contributed by atoms with van der Waals surface area (Å²) in [5, 5.41) is 7.27. The molecule has 2 heterocycles. The summed E-state index contributed by atoms with van der Waals surface area (Å²) in [4.78, 5) is 18.4. The third-order valence-corrected chi connectivity index (χ3v) is 3.66. The maximum absolute atomic E-state index is 12.2. The lowest BCUT2D eigenvalue weighted by Crippen LogP contribution is -2.55. The molecule has 1 aromatic heterocycles. The van der Waals surface area contributed by atoms with E-state index < -0.39 is 0 Å². The van der Waals surface area contributed by atoms with Crippen molar-refractivity contribution in [1.82, 2.24) is 20.4 Å². The molecule has 3 atom stereocenters. The largest absolute Gasteiger partial charge is 0.374 e. The van der Waals surface area contributed by atoms with Crippen LogP contribution in [-0.4, -0.2) is 53.2 Å². The molecule has 1 N–H and O–H groups in total. The third kappa shape index (κ3) is 4.25. The number of methoxy groups -OCH3 is 1. The van der Waals surface area contributed by atoms with E-state index in [0.717, 1.165) is 13.1 Å². The van der Waals surface area contributed by atoms with Crippen molar-refractivity contribution in [2.45, 2.75) is 51.8 Å². The molecule has 0 radical (unpaired) electrons. The first-order valence-electron chi connectivity index (χ1n) is 7.38. The zero-order chi connectivity index (χ0) is 15.4. The van der Waals surface area contributed by atoms with E-state index in [4.69, 9.17) is 9.26 Å². The van der Waals surface area contributed by atoms with Crippen molar-refractivity contribution in [2.75, 3.05) is 20.2 Å². The molecule has 1 saturated heterocycles. The quantitative estimate of drug-likeness (QED) is 0.870. The van der Waals surface area contributed by atoms with E-state index in [1.54, 1.807) is 7.11 Å². The summed E-state index contributed by atoms with van der Waals surface area (Å²) in [6.45, 7) is 7.53. The molecule has 118 valence electrons. The zero-order valence-electron chi connectivity index (χ0n) is 13.1. The summed E-state index contributed by atoms with van der Waals surface area (Å²) in [5.41, 5.74) is 0. The molecule has 1 amide bonds. The van der Waals surface area contributed by atoms with Gasteiger partial charge in [-0.05, 0) is 20.8 Å². The minimum atomic E-state index is -0.201. The van der Waals surface area contributed by atoms with Gasteiger partial charge in [0.1, 0.15) is 6.10 Å². The number of hydrogen-bond acceptors (Lipinski definition) is 6. The van der Waals surface area contributed by atoms with Gasteiger partial charge in [-0.2, -0.15) is 4.98 Å². The topological polar surface area (TPSA) is 80.5 Å². The molecule has 0 aromatic carbocycles. The molecule has 1 aromatic rings. The molecular formula is C14H24N4O3. The van der Waals surface area contributed by atoms with Crippen molar-refractivity contribution < 1.29 is 14.1 Å². The summed E-state index contributed by atoms with van der Waals surface area (Å²) >= 11 is 0. The Morgan fingerprint density at radius 3 is 2.76 bits per heavy atom. The van der Waals surface area contributed by atoms with E-state index in [2.05, 4.69) is 29.3 Å².